The van der Waals surface area contributed by atoms with Gasteiger partial charge in [0.05, 0.1) is 5.52 Å². The van der Waals surface area contributed by atoms with E-state index in [0.717, 1.165) is 29.3 Å². The van der Waals surface area contributed by atoms with Gasteiger partial charge < -0.3 is 0 Å². The lowest BCUT2D eigenvalue weighted by molar-refractivity contribution is 0.0870. The van der Waals surface area contributed by atoms with Crippen LogP contribution in [0.25, 0.3) is 10.9 Å². The zero-order valence-corrected chi connectivity index (χ0v) is 11.3. The molecule has 1 aliphatic rings. The smallest absolute Gasteiger partial charge is 0.166 e. The third kappa shape index (κ3) is 2.40. The first-order valence-corrected chi connectivity index (χ1v) is 7.13. The summed E-state index contributed by atoms with van der Waals surface area (Å²) in [6.45, 7) is 2.25. The third-order valence-electron chi connectivity index (χ3n) is 4.22. The molecule has 1 heterocycles. The van der Waals surface area contributed by atoms with Crippen LogP contribution >= 0.6 is 0 Å². The van der Waals surface area contributed by atoms with Crippen molar-refractivity contribution in [3.05, 3.63) is 42.1 Å². The summed E-state index contributed by atoms with van der Waals surface area (Å²) in [6, 6.07) is 9.76. The second-order valence-electron chi connectivity index (χ2n) is 5.71. The van der Waals surface area contributed by atoms with E-state index in [1.54, 1.807) is 6.20 Å². The van der Waals surface area contributed by atoms with Crippen molar-refractivity contribution in [1.29, 1.82) is 0 Å². The Morgan fingerprint density at radius 3 is 2.95 bits per heavy atom. The van der Waals surface area contributed by atoms with Gasteiger partial charge in [-0.2, -0.15) is 0 Å². The van der Waals surface area contributed by atoms with Crippen molar-refractivity contribution in [1.82, 2.24) is 4.98 Å². The average Bonchev–Trinajstić information content (AvgIpc) is 2.46. The number of hydrogen-bond acceptors (Lipinski definition) is 2. The zero-order valence-electron chi connectivity index (χ0n) is 11.3. The van der Waals surface area contributed by atoms with Gasteiger partial charge in [0.15, 0.2) is 5.78 Å². The highest BCUT2D eigenvalue weighted by molar-refractivity contribution is 6.08. The summed E-state index contributed by atoms with van der Waals surface area (Å²) in [5.74, 6) is 1.19. The highest BCUT2D eigenvalue weighted by Crippen LogP contribution is 2.32. The van der Waals surface area contributed by atoms with Crippen LogP contribution in [0.3, 0.4) is 0 Å². The number of pyridine rings is 1. The van der Waals surface area contributed by atoms with Gasteiger partial charge in [-0.1, -0.05) is 38.0 Å². The van der Waals surface area contributed by atoms with Crippen LogP contribution in [-0.4, -0.2) is 10.8 Å². The minimum Gasteiger partial charge on any atom is -0.294 e. The molecule has 1 aromatic carbocycles. The maximum Gasteiger partial charge on any atom is 0.166 e. The summed E-state index contributed by atoms with van der Waals surface area (Å²) in [5, 5.41) is 0.994. The summed E-state index contributed by atoms with van der Waals surface area (Å²) in [6.07, 6.45) is 6.30. The number of benzene rings is 1. The molecule has 2 unspecified atom stereocenters. The molecule has 2 aromatic rings. The molecule has 1 aliphatic carbocycles. The van der Waals surface area contributed by atoms with E-state index in [0.29, 0.717) is 11.7 Å². The predicted molar refractivity (Wildman–Crippen MR) is 77.2 cm³/mol. The molecule has 2 atom stereocenters. The van der Waals surface area contributed by atoms with Gasteiger partial charge in [-0.25, -0.2) is 0 Å². The maximum absolute atomic E-state index is 12.7. The molecular weight excluding hydrogens is 234 g/mol. The Bertz CT molecular complexity index is 600. The number of carbonyl (C=O) groups excluding carboxylic acids is 1. The van der Waals surface area contributed by atoms with E-state index in [1.165, 1.54) is 12.8 Å². The molecule has 2 nitrogen and oxygen atoms in total. The second-order valence-corrected chi connectivity index (χ2v) is 5.71. The number of fused-ring (bicyclic) bond motifs is 1. The van der Waals surface area contributed by atoms with Gasteiger partial charge in [-0.3, -0.25) is 9.78 Å². The lowest BCUT2D eigenvalue weighted by Crippen LogP contribution is -2.22. The van der Waals surface area contributed by atoms with Crippen LogP contribution in [0.2, 0.25) is 0 Å². The highest BCUT2D eigenvalue weighted by Gasteiger charge is 2.26. The van der Waals surface area contributed by atoms with E-state index in [1.807, 2.05) is 30.3 Å². The first-order valence-electron chi connectivity index (χ1n) is 7.13. The van der Waals surface area contributed by atoms with E-state index in [2.05, 4.69) is 11.9 Å². The van der Waals surface area contributed by atoms with Crippen molar-refractivity contribution in [2.45, 2.75) is 32.6 Å². The summed E-state index contributed by atoms with van der Waals surface area (Å²) in [4.78, 5) is 17.1. The lowest BCUT2D eigenvalue weighted by Gasteiger charge is -2.25. The fourth-order valence-corrected chi connectivity index (χ4v) is 3.21. The van der Waals surface area contributed by atoms with Gasteiger partial charge in [0.1, 0.15) is 0 Å². The molecule has 1 fully saturated rings. The molecule has 2 heteroatoms. The molecule has 19 heavy (non-hydrogen) atoms. The minimum absolute atomic E-state index is 0.203. The molecular formula is C17H19NO. The van der Waals surface area contributed by atoms with Gasteiger partial charge >= 0.3 is 0 Å². The van der Waals surface area contributed by atoms with E-state index >= 15 is 0 Å². The Balaban J connectivity index is 1.97. The molecule has 0 spiro atoms. The monoisotopic (exact) mass is 253 g/mol. The summed E-state index contributed by atoms with van der Waals surface area (Å²) >= 11 is 0. The van der Waals surface area contributed by atoms with E-state index < -0.39 is 0 Å². The van der Waals surface area contributed by atoms with Gasteiger partial charge in [0.2, 0.25) is 0 Å². The fraction of sp³-hybridized carbons (Fsp3) is 0.412. The fourth-order valence-electron chi connectivity index (χ4n) is 3.21. The van der Waals surface area contributed by atoms with Crippen LogP contribution in [-0.2, 0) is 0 Å². The van der Waals surface area contributed by atoms with E-state index in [9.17, 15) is 4.79 Å². The van der Waals surface area contributed by atoms with E-state index in [-0.39, 0.29) is 5.92 Å². The van der Waals surface area contributed by atoms with Crippen LogP contribution < -0.4 is 0 Å². The number of carbonyl (C=O) groups is 1. The molecule has 0 amide bonds. The van der Waals surface area contributed by atoms with Crippen molar-refractivity contribution in [2.75, 3.05) is 0 Å². The van der Waals surface area contributed by atoms with Gasteiger partial charge in [0, 0.05) is 23.1 Å². The summed E-state index contributed by atoms with van der Waals surface area (Å²) in [5.41, 5.74) is 1.77. The molecule has 0 N–H and O–H groups in total. The number of ketones is 1. The number of aromatic nitrogens is 1. The van der Waals surface area contributed by atoms with Crippen molar-refractivity contribution < 1.29 is 4.79 Å². The molecule has 0 bridgehead atoms. The van der Waals surface area contributed by atoms with Crippen LogP contribution in [0.4, 0.5) is 0 Å². The van der Waals surface area contributed by atoms with Crippen molar-refractivity contribution in [3.8, 4) is 0 Å². The summed E-state index contributed by atoms with van der Waals surface area (Å²) < 4.78 is 0. The molecule has 1 aromatic heterocycles. The standard InChI is InChI=1S/C17H19NO/c1-12-5-2-6-13(11-12)17(19)15-7-3-9-16-14(15)8-4-10-18-16/h3-4,7-10,12-13H,2,5-6,11H2,1H3. The van der Waals surface area contributed by atoms with Gasteiger partial charge in [-0.15, -0.1) is 0 Å². The Labute approximate surface area is 113 Å². The zero-order chi connectivity index (χ0) is 13.2. The first-order chi connectivity index (χ1) is 9.25. The van der Waals surface area contributed by atoms with Crippen LogP contribution in [0.1, 0.15) is 43.0 Å². The number of Topliss-reactive ketones (excluding diaryl/α,β-unsaturated/α-hetero) is 1. The van der Waals surface area contributed by atoms with Crippen molar-refractivity contribution >= 4 is 16.7 Å². The van der Waals surface area contributed by atoms with E-state index in [4.69, 9.17) is 0 Å². The third-order valence-corrected chi connectivity index (χ3v) is 4.22. The predicted octanol–water partition coefficient (Wildman–Crippen LogP) is 4.24. The minimum atomic E-state index is 0.203. The quantitative estimate of drug-likeness (QED) is 0.749. The van der Waals surface area contributed by atoms with Crippen LogP contribution in [0.15, 0.2) is 36.5 Å². The first kappa shape index (κ1) is 12.3. The van der Waals surface area contributed by atoms with Crippen LogP contribution in [0, 0.1) is 11.8 Å². The molecule has 0 aliphatic heterocycles. The second kappa shape index (κ2) is 5.12. The topological polar surface area (TPSA) is 30.0 Å². The molecule has 98 valence electrons. The Kier molecular flexibility index (Phi) is 3.33. The summed E-state index contributed by atoms with van der Waals surface area (Å²) in [7, 11) is 0. The molecule has 3 rings (SSSR count). The largest absolute Gasteiger partial charge is 0.294 e. The van der Waals surface area contributed by atoms with Gasteiger partial charge in [0.25, 0.3) is 0 Å². The maximum atomic E-state index is 12.7. The number of nitrogens with zero attached hydrogens (tertiary/aromatic N) is 1. The SMILES string of the molecule is CC1CCCC(C(=O)c2cccc3ncccc23)C1. The molecule has 0 radical (unpaired) electrons. The van der Waals surface area contributed by atoms with Crippen molar-refractivity contribution in [3.63, 3.8) is 0 Å². The molecule has 0 saturated heterocycles. The average molecular weight is 253 g/mol. The lowest BCUT2D eigenvalue weighted by atomic mass is 9.78. The highest BCUT2D eigenvalue weighted by atomic mass is 16.1. The van der Waals surface area contributed by atoms with Crippen LogP contribution in [0.5, 0.6) is 0 Å². The Morgan fingerprint density at radius 1 is 1.21 bits per heavy atom. The molecule has 1 saturated carbocycles. The number of hydrogen-bond donors (Lipinski definition) is 0. The normalized spacial score (nSPS) is 23.4. The Hall–Kier alpha value is -1.70. The van der Waals surface area contributed by atoms with Crippen molar-refractivity contribution in [2.24, 2.45) is 11.8 Å². The Morgan fingerprint density at radius 2 is 2.11 bits per heavy atom. The number of rotatable bonds is 2. The van der Waals surface area contributed by atoms with Gasteiger partial charge in [-0.05, 0) is 30.9 Å².